The number of carboxylic acid groups (broad SMARTS) is 1. The summed E-state index contributed by atoms with van der Waals surface area (Å²) >= 11 is 5.92. The molecular formula is C12H13ClFNO2. The minimum atomic E-state index is -0.785. The van der Waals surface area contributed by atoms with Gasteiger partial charge in [0.15, 0.2) is 0 Å². The lowest BCUT2D eigenvalue weighted by Gasteiger charge is -2.16. The average molecular weight is 258 g/mol. The molecule has 1 aliphatic heterocycles. The molecule has 1 aromatic carbocycles. The topological polar surface area (TPSA) is 40.5 Å². The summed E-state index contributed by atoms with van der Waals surface area (Å²) in [5.74, 6) is -1.47. The van der Waals surface area contributed by atoms with Crippen LogP contribution in [0.2, 0.25) is 5.02 Å². The Bertz CT molecular complexity index is 418. The highest BCUT2D eigenvalue weighted by atomic mass is 35.5. The van der Waals surface area contributed by atoms with E-state index >= 15 is 0 Å². The van der Waals surface area contributed by atoms with Gasteiger partial charge in [0, 0.05) is 23.7 Å². The van der Waals surface area contributed by atoms with E-state index in [0.717, 1.165) is 0 Å². The summed E-state index contributed by atoms with van der Waals surface area (Å²) in [6.07, 6.45) is 0.613. The van der Waals surface area contributed by atoms with E-state index in [1.165, 1.54) is 6.07 Å². The summed E-state index contributed by atoms with van der Waals surface area (Å²) in [5.41, 5.74) is 0.445. The molecule has 17 heavy (non-hydrogen) atoms. The summed E-state index contributed by atoms with van der Waals surface area (Å²) < 4.78 is 13.5. The monoisotopic (exact) mass is 257 g/mol. The van der Waals surface area contributed by atoms with Crippen molar-refractivity contribution in [3.05, 3.63) is 34.6 Å². The largest absolute Gasteiger partial charge is 0.481 e. The zero-order chi connectivity index (χ0) is 12.4. The Morgan fingerprint density at radius 3 is 2.94 bits per heavy atom. The second-order valence-electron chi connectivity index (χ2n) is 4.26. The summed E-state index contributed by atoms with van der Waals surface area (Å²) in [7, 11) is 0. The number of hydrogen-bond acceptors (Lipinski definition) is 2. The fourth-order valence-corrected chi connectivity index (χ4v) is 2.31. The number of aliphatic carboxylic acids is 1. The van der Waals surface area contributed by atoms with Gasteiger partial charge in [0.2, 0.25) is 0 Å². The number of hydrogen-bond donors (Lipinski definition) is 1. The summed E-state index contributed by atoms with van der Waals surface area (Å²) in [6, 6.07) is 4.57. The third-order valence-corrected chi connectivity index (χ3v) is 3.42. The first-order valence-corrected chi connectivity index (χ1v) is 5.84. The van der Waals surface area contributed by atoms with Crippen molar-refractivity contribution in [3.8, 4) is 0 Å². The molecule has 0 spiro atoms. The van der Waals surface area contributed by atoms with Crippen molar-refractivity contribution >= 4 is 17.6 Å². The molecule has 0 bridgehead atoms. The Morgan fingerprint density at radius 1 is 1.59 bits per heavy atom. The van der Waals surface area contributed by atoms with Gasteiger partial charge in [-0.1, -0.05) is 17.7 Å². The Labute approximate surface area is 104 Å². The molecule has 92 valence electrons. The molecule has 1 fully saturated rings. The van der Waals surface area contributed by atoms with Gasteiger partial charge in [0.05, 0.1) is 5.92 Å². The van der Waals surface area contributed by atoms with Crippen LogP contribution in [0.4, 0.5) is 4.39 Å². The Kier molecular flexibility index (Phi) is 3.64. The van der Waals surface area contributed by atoms with E-state index in [0.29, 0.717) is 36.6 Å². The van der Waals surface area contributed by atoms with Crippen LogP contribution in [0.3, 0.4) is 0 Å². The van der Waals surface area contributed by atoms with Crippen molar-refractivity contribution in [1.82, 2.24) is 4.90 Å². The van der Waals surface area contributed by atoms with Gasteiger partial charge in [-0.15, -0.1) is 0 Å². The van der Waals surface area contributed by atoms with Crippen molar-refractivity contribution < 1.29 is 14.3 Å². The van der Waals surface area contributed by atoms with Gasteiger partial charge in [-0.3, -0.25) is 9.69 Å². The molecule has 1 atom stereocenters. The maximum atomic E-state index is 13.5. The minimum Gasteiger partial charge on any atom is -0.481 e. The lowest BCUT2D eigenvalue weighted by molar-refractivity contribution is -0.141. The number of rotatable bonds is 3. The Hall–Kier alpha value is -1.13. The molecular weight excluding hydrogens is 245 g/mol. The van der Waals surface area contributed by atoms with Crippen LogP contribution >= 0.6 is 11.6 Å². The van der Waals surface area contributed by atoms with Gasteiger partial charge < -0.3 is 5.11 Å². The zero-order valence-corrected chi connectivity index (χ0v) is 9.95. The Balaban J connectivity index is 2.05. The predicted octanol–water partition coefficient (Wildman–Crippen LogP) is 2.39. The van der Waals surface area contributed by atoms with Gasteiger partial charge in [-0.25, -0.2) is 4.39 Å². The van der Waals surface area contributed by atoms with Crippen molar-refractivity contribution in [1.29, 1.82) is 0 Å². The maximum absolute atomic E-state index is 13.5. The van der Waals surface area contributed by atoms with E-state index in [-0.39, 0.29) is 11.7 Å². The van der Waals surface area contributed by atoms with E-state index in [9.17, 15) is 9.18 Å². The molecule has 0 radical (unpaired) electrons. The SMILES string of the molecule is O=C(O)C1CCN(Cc2c(F)cccc2Cl)C1. The highest BCUT2D eigenvalue weighted by Gasteiger charge is 2.28. The summed E-state index contributed by atoms with van der Waals surface area (Å²) in [6.45, 7) is 1.50. The predicted molar refractivity (Wildman–Crippen MR) is 62.4 cm³/mol. The first-order chi connectivity index (χ1) is 8.08. The van der Waals surface area contributed by atoms with Crippen molar-refractivity contribution in [2.75, 3.05) is 13.1 Å². The van der Waals surface area contributed by atoms with E-state index in [1.54, 1.807) is 12.1 Å². The van der Waals surface area contributed by atoms with Crippen LogP contribution < -0.4 is 0 Å². The van der Waals surface area contributed by atoms with Crippen LogP contribution in [-0.4, -0.2) is 29.1 Å². The molecule has 1 unspecified atom stereocenters. The van der Waals surface area contributed by atoms with Crippen LogP contribution in [0.1, 0.15) is 12.0 Å². The fourth-order valence-electron chi connectivity index (χ4n) is 2.08. The van der Waals surface area contributed by atoms with Crippen LogP contribution in [0.25, 0.3) is 0 Å². The molecule has 0 amide bonds. The zero-order valence-electron chi connectivity index (χ0n) is 9.20. The lowest BCUT2D eigenvalue weighted by atomic mass is 10.1. The minimum absolute atomic E-state index is 0.337. The summed E-state index contributed by atoms with van der Waals surface area (Å²) in [5, 5.41) is 9.27. The van der Waals surface area contributed by atoms with E-state index in [4.69, 9.17) is 16.7 Å². The first-order valence-electron chi connectivity index (χ1n) is 5.46. The number of halogens is 2. The molecule has 0 aliphatic carbocycles. The standard InChI is InChI=1S/C12H13ClFNO2/c13-10-2-1-3-11(14)9(10)7-15-5-4-8(6-15)12(16)17/h1-3,8H,4-7H2,(H,16,17). The molecule has 1 heterocycles. The van der Waals surface area contributed by atoms with Gasteiger partial charge in [-0.2, -0.15) is 0 Å². The smallest absolute Gasteiger partial charge is 0.307 e. The van der Waals surface area contributed by atoms with Gasteiger partial charge in [-0.05, 0) is 25.1 Å². The second kappa shape index (κ2) is 5.02. The molecule has 2 rings (SSSR count). The van der Waals surface area contributed by atoms with E-state index < -0.39 is 5.97 Å². The molecule has 1 aliphatic rings. The number of carbonyl (C=O) groups is 1. The fraction of sp³-hybridized carbons (Fsp3) is 0.417. The summed E-state index contributed by atoms with van der Waals surface area (Å²) in [4.78, 5) is 12.7. The van der Waals surface area contributed by atoms with Crippen LogP contribution in [-0.2, 0) is 11.3 Å². The Morgan fingerprint density at radius 2 is 2.35 bits per heavy atom. The molecule has 1 saturated heterocycles. The number of carboxylic acids is 1. The van der Waals surface area contributed by atoms with Gasteiger partial charge in [0.1, 0.15) is 5.82 Å². The van der Waals surface area contributed by atoms with Crippen molar-refractivity contribution in [3.63, 3.8) is 0 Å². The third kappa shape index (κ3) is 2.76. The van der Waals surface area contributed by atoms with Crippen molar-refractivity contribution in [2.24, 2.45) is 5.92 Å². The molecule has 1 aromatic rings. The van der Waals surface area contributed by atoms with Crippen molar-refractivity contribution in [2.45, 2.75) is 13.0 Å². The van der Waals surface area contributed by atoms with Crippen LogP contribution in [0.15, 0.2) is 18.2 Å². The quantitative estimate of drug-likeness (QED) is 0.904. The lowest BCUT2D eigenvalue weighted by Crippen LogP contribution is -2.23. The molecule has 3 nitrogen and oxygen atoms in total. The second-order valence-corrected chi connectivity index (χ2v) is 4.67. The third-order valence-electron chi connectivity index (χ3n) is 3.07. The number of benzene rings is 1. The van der Waals surface area contributed by atoms with E-state index in [1.807, 2.05) is 4.90 Å². The highest BCUT2D eigenvalue weighted by Crippen LogP contribution is 2.24. The maximum Gasteiger partial charge on any atom is 0.307 e. The highest BCUT2D eigenvalue weighted by molar-refractivity contribution is 6.31. The average Bonchev–Trinajstić information content (AvgIpc) is 2.72. The molecule has 1 N–H and O–H groups in total. The molecule has 5 heteroatoms. The van der Waals surface area contributed by atoms with E-state index in [2.05, 4.69) is 0 Å². The van der Waals surface area contributed by atoms with Gasteiger partial charge >= 0.3 is 5.97 Å². The molecule has 0 aromatic heterocycles. The normalized spacial score (nSPS) is 20.7. The van der Waals surface area contributed by atoms with Crippen LogP contribution in [0.5, 0.6) is 0 Å². The van der Waals surface area contributed by atoms with Crippen LogP contribution in [0, 0.1) is 11.7 Å². The first kappa shape index (κ1) is 12.3. The number of nitrogens with zero attached hydrogens (tertiary/aromatic N) is 1. The molecule has 0 saturated carbocycles. The van der Waals surface area contributed by atoms with Gasteiger partial charge in [0.25, 0.3) is 0 Å². The number of likely N-dealkylation sites (tertiary alicyclic amines) is 1.